The van der Waals surface area contributed by atoms with Crippen LogP contribution in [0.25, 0.3) is 0 Å². The second-order valence-electron chi connectivity index (χ2n) is 1.84. The molecule has 0 aliphatic rings. The summed E-state index contributed by atoms with van der Waals surface area (Å²) in [6, 6.07) is 0. The molecule has 0 aromatic heterocycles. The maximum absolute atomic E-state index is 10.1. The molecule has 0 aromatic rings. The smallest absolute Gasteiger partial charge is 0.419 e. The van der Waals surface area contributed by atoms with Gasteiger partial charge in [-0.15, -0.1) is 0 Å². The summed E-state index contributed by atoms with van der Waals surface area (Å²) in [4.78, 5) is 9.23. The lowest BCUT2D eigenvalue weighted by Gasteiger charge is -1.92. The van der Waals surface area contributed by atoms with Gasteiger partial charge in [0.15, 0.2) is 0 Å². The van der Waals surface area contributed by atoms with Gasteiger partial charge >= 0.3 is 7.12 Å². The molecule has 0 saturated heterocycles. The van der Waals surface area contributed by atoms with Crippen molar-refractivity contribution in [1.82, 2.24) is 0 Å². The van der Waals surface area contributed by atoms with Gasteiger partial charge in [-0.2, -0.15) is 0 Å². The average molecular weight is 169 g/mol. The number of rotatable bonds is 4. The van der Waals surface area contributed by atoms with E-state index in [4.69, 9.17) is 10.0 Å². The second-order valence-corrected chi connectivity index (χ2v) is 1.84. The molecule has 12 heavy (non-hydrogen) atoms. The molecule has 2 N–H and O–H groups in total. The minimum atomic E-state index is -2.06. The normalized spacial score (nSPS) is 11.7. The second kappa shape index (κ2) is 5.28. The maximum Gasteiger partial charge on any atom is 0.569 e. The Bertz CT molecular complexity index is 234. The fraction of sp³-hybridized carbons (Fsp3) is 0. The van der Waals surface area contributed by atoms with Crippen LogP contribution >= 0.6 is 0 Å². The fourth-order valence-corrected chi connectivity index (χ4v) is 0.474. The van der Waals surface area contributed by atoms with Gasteiger partial charge in [-0.05, 0) is 0 Å². The molecule has 0 aliphatic carbocycles. The summed E-state index contributed by atoms with van der Waals surface area (Å²) in [5, 5.41) is 27.0. The van der Waals surface area contributed by atoms with Crippen molar-refractivity contribution in [2.45, 2.75) is 0 Å². The van der Waals surface area contributed by atoms with Crippen molar-refractivity contribution >= 4 is 7.12 Å². The first-order valence-electron chi connectivity index (χ1n) is 3.09. The minimum Gasteiger partial charge on any atom is -0.419 e. The van der Waals surface area contributed by atoms with Crippen LogP contribution in [0.1, 0.15) is 0 Å². The van der Waals surface area contributed by atoms with Gasteiger partial charge in [-0.25, -0.2) is 0 Å². The van der Waals surface area contributed by atoms with Gasteiger partial charge in [-0.1, -0.05) is 24.8 Å². The highest BCUT2D eigenvalue weighted by molar-refractivity contribution is 6.49. The van der Waals surface area contributed by atoms with E-state index in [1.165, 1.54) is 18.2 Å². The van der Waals surface area contributed by atoms with E-state index in [2.05, 4.69) is 6.58 Å². The number of hydrogen-bond acceptors (Lipinski definition) is 4. The summed E-state index contributed by atoms with van der Waals surface area (Å²) in [7, 11) is -2.06. The van der Waals surface area contributed by atoms with Crippen molar-refractivity contribution in [2.75, 3.05) is 0 Å². The molecule has 0 radical (unpaired) electrons. The molecule has 0 rings (SSSR count). The third-order valence-corrected chi connectivity index (χ3v) is 0.990. The molecule has 0 aliphatic heterocycles. The Morgan fingerprint density at radius 2 is 2.08 bits per heavy atom. The standard InChI is InChI=1S/C6H8BNO4/c1-2-3-4-5-6(7(9)10)8(11)12/h2-5,9-10H,1H2/b4-3-,6-5-. The van der Waals surface area contributed by atoms with Crippen LogP contribution in [-0.2, 0) is 0 Å². The Labute approximate surface area is 69.6 Å². The van der Waals surface area contributed by atoms with Gasteiger partial charge < -0.3 is 10.0 Å². The Morgan fingerprint density at radius 1 is 1.50 bits per heavy atom. The predicted molar refractivity (Wildman–Crippen MR) is 44.6 cm³/mol. The summed E-state index contributed by atoms with van der Waals surface area (Å²) in [6.07, 6.45) is 5.14. The molecule has 0 bridgehead atoms. The summed E-state index contributed by atoms with van der Waals surface area (Å²) >= 11 is 0. The minimum absolute atomic E-state index is 0.673. The molecule has 0 spiro atoms. The molecule has 0 atom stereocenters. The Hall–Kier alpha value is -1.40. The highest BCUT2D eigenvalue weighted by Gasteiger charge is 2.26. The van der Waals surface area contributed by atoms with Gasteiger partial charge in [0, 0.05) is 6.08 Å². The third-order valence-electron chi connectivity index (χ3n) is 0.990. The van der Waals surface area contributed by atoms with Crippen LogP contribution in [0, 0.1) is 10.1 Å². The van der Waals surface area contributed by atoms with E-state index in [1.54, 1.807) is 0 Å². The SMILES string of the molecule is C=C/C=C\C=C(\B(O)O)[N+](=O)[O-]. The fourth-order valence-electron chi connectivity index (χ4n) is 0.474. The van der Waals surface area contributed by atoms with Crippen molar-refractivity contribution < 1.29 is 15.0 Å². The lowest BCUT2D eigenvalue weighted by molar-refractivity contribution is -0.416. The Balaban J connectivity index is 4.50. The molecule has 0 saturated carbocycles. The molecule has 0 fully saturated rings. The summed E-state index contributed by atoms with van der Waals surface area (Å²) in [6.45, 7) is 3.34. The summed E-state index contributed by atoms with van der Waals surface area (Å²) in [5.41, 5.74) is -0.673. The van der Waals surface area contributed by atoms with Crippen LogP contribution in [-0.4, -0.2) is 22.1 Å². The van der Waals surface area contributed by atoms with E-state index in [1.807, 2.05) is 0 Å². The number of nitro groups is 1. The molecule has 6 heteroatoms. The highest BCUT2D eigenvalue weighted by atomic mass is 16.6. The van der Waals surface area contributed by atoms with Gasteiger partial charge in [-0.3, -0.25) is 10.1 Å². The van der Waals surface area contributed by atoms with Crippen molar-refractivity contribution in [3.63, 3.8) is 0 Å². The van der Waals surface area contributed by atoms with Gasteiger partial charge in [0.25, 0.3) is 5.60 Å². The number of nitrogens with zero attached hydrogens (tertiary/aromatic N) is 1. The van der Waals surface area contributed by atoms with Crippen molar-refractivity contribution in [3.05, 3.63) is 46.6 Å². The van der Waals surface area contributed by atoms with Crippen molar-refractivity contribution in [1.29, 1.82) is 0 Å². The molecule has 0 unspecified atom stereocenters. The Morgan fingerprint density at radius 3 is 2.42 bits per heavy atom. The van der Waals surface area contributed by atoms with E-state index in [9.17, 15) is 10.1 Å². The monoisotopic (exact) mass is 169 g/mol. The van der Waals surface area contributed by atoms with E-state index < -0.39 is 17.6 Å². The van der Waals surface area contributed by atoms with Crippen molar-refractivity contribution in [3.8, 4) is 0 Å². The van der Waals surface area contributed by atoms with E-state index in [0.29, 0.717) is 0 Å². The molecule has 64 valence electrons. The average Bonchev–Trinajstić information content (AvgIpc) is 1.96. The van der Waals surface area contributed by atoms with E-state index in [0.717, 1.165) is 6.08 Å². The molecule has 5 nitrogen and oxygen atoms in total. The third kappa shape index (κ3) is 3.70. The predicted octanol–water partition coefficient (Wildman–Crippen LogP) is -0.0988. The van der Waals surface area contributed by atoms with Crippen LogP contribution in [0.4, 0.5) is 0 Å². The first-order chi connectivity index (χ1) is 5.59. The van der Waals surface area contributed by atoms with Gasteiger partial charge in [0.2, 0.25) is 0 Å². The zero-order valence-corrected chi connectivity index (χ0v) is 6.25. The zero-order valence-electron chi connectivity index (χ0n) is 6.25. The van der Waals surface area contributed by atoms with Crippen LogP contribution in [0.15, 0.2) is 36.5 Å². The number of hydrogen-bond donors (Lipinski definition) is 2. The zero-order chi connectivity index (χ0) is 9.56. The quantitative estimate of drug-likeness (QED) is 0.266. The van der Waals surface area contributed by atoms with E-state index >= 15 is 0 Å². The first kappa shape index (κ1) is 10.6. The highest BCUT2D eigenvalue weighted by Crippen LogP contribution is 1.97. The molecule has 0 heterocycles. The summed E-state index contributed by atoms with van der Waals surface area (Å²) < 4.78 is 0. The van der Waals surface area contributed by atoms with E-state index in [-0.39, 0.29) is 0 Å². The first-order valence-corrected chi connectivity index (χ1v) is 3.09. The van der Waals surface area contributed by atoms with Crippen LogP contribution in [0.3, 0.4) is 0 Å². The maximum atomic E-state index is 10.1. The molecule has 0 aromatic carbocycles. The lowest BCUT2D eigenvalue weighted by atomic mass is 9.86. The molecule has 0 amide bonds. The van der Waals surface area contributed by atoms with Crippen LogP contribution in [0.5, 0.6) is 0 Å². The largest absolute Gasteiger partial charge is 0.569 e. The number of allylic oxidation sites excluding steroid dienone is 4. The van der Waals surface area contributed by atoms with Crippen LogP contribution in [0.2, 0.25) is 0 Å². The lowest BCUT2D eigenvalue weighted by Crippen LogP contribution is -2.21. The molecular formula is C6H8BNO4. The van der Waals surface area contributed by atoms with Crippen molar-refractivity contribution in [2.24, 2.45) is 0 Å². The molecular weight excluding hydrogens is 161 g/mol. The van der Waals surface area contributed by atoms with Crippen LogP contribution < -0.4 is 0 Å². The topological polar surface area (TPSA) is 83.6 Å². The Kier molecular flexibility index (Phi) is 4.67. The van der Waals surface area contributed by atoms with Gasteiger partial charge in [0.05, 0.1) is 4.92 Å². The summed E-state index contributed by atoms with van der Waals surface area (Å²) in [5.74, 6) is 0. The van der Waals surface area contributed by atoms with Gasteiger partial charge in [0.1, 0.15) is 0 Å².